The zero-order valence-electron chi connectivity index (χ0n) is 7.52. The Morgan fingerprint density at radius 1 is 1.31 bits per heavy atom. The van der Waals surface area contributed by atoms with Gasteiger partial charge in [0, 0.05) is 25.3 Å². The van der Waals surface area contributed by atoms with E-state index in [-0.39, 0.29) is 5.54 Å². The third-order valence-electron chi connectivity index (χ3n) is 2.45. The predicted octanol–water partition coefficient (Wildman–Crippen LogP) is -0.214. The first kappa shape index (κ1) is 8.65. The molecule has 1 aliphatic heterocycles. The van der Waals surface area contributed by atoms with E-state index in [9.17, 15) is 0 Å². The van der Waals surface area contributed by atoms with Crippen LogP contribution in [0.5, 0.6) is 0 Å². The van der Waals surface area contributed by atoms with Crippen LogP contribution in [0.4, 0.5) is 0 Å². The van der Waals surface area contributed by atoms with Crippen molar-refractivity contribution >= 4 is 0 Å². The van der Waals surface area contributed by atoms with E-state index in [4.69, 9.17) is 10.5 Å². The second-order valence-electron chi connectivity index (χ2n) is 3.61. The average molecular weight is 182 g/mol. The second-order valence-corrected chi connectivity index (χ2v) is 3.61. The fourth-order valence-electron chi connectivity index (χ4n) is 1.60. The molecule has 0 spiro atoms. The van der Waals surface area contributed by atoms with E-state index < -0.39 is 0 Å². The van der Waals surface area contributed by atoms with Gasteiger partial charge in [-0.2, -0.15) is 0 Å². The zero-order valence-corrected chi connectivity index (χ0v) is 7.52. The molecule has 1 aromatic rings. The molecule has 1 fully saturated rings. The molecular formula is C8H14N4O. The Kier molecular flexibility index (Phi) is 2.28. The summed E-state index contributed by atoms with van der Waals surface area (Å²) in [7, 11) is 0. The van der Waals surface area contributed by atoms with Crippen molar-refractivity contribution in [1.82, 2.24) is 14.8 Å². The fourth-order valence-corrected chi connectivity index (χ4v) is 1.60. The number of hydrogen-bond donors (Lipinski definition) is 1. The highest BCUT2D eigenvalue weighted by molar-refractivity contribution is 4.87. The molecule has 2 rings (SSSR count). The standard InChI is InChI=1S/C8H14N4O/c9-8(1-3-13-4-2-8)5-12-6-10-11-7-12/h6-7H,1-5,9H2. The van der Waals surface area contributed by atoms with Gasteiger partial charge < -0.3 is 15.0 Å². The van der Waals surface area contributed by atoms with E-state index >= 15 is 0 Å². The molecule has 0 aliphatic carbocycles. The van der Waals surface area contributed by atoms with Crippen LogP contribution in [0.2, 0.25) is 0 Å². The van der Waals surface area contributed by atoms with E-state index in [0.29, 0.717) is 0 Å². The van der Waals surface area contributed by atoms with Crippen LogP contribution in [0, 0.1) is 0 Å². The third-order valence-corrected chi connectivity index (χ3v) is 2.45. The van der Waals surface area contributed by atoms with Crippen LogP contribution < -0.4 is 5.73 Å². The van der Waals surface area contributed by atoms with Crippen LogP contribution in [0.15, 0.2) is 12.7 Å². The Labute approximate surface area is 76.9 Å². The Bertz CT molecular complexity index is 253. The number of ether oxygens (including phenoxy) is 1. The summed E-state index contributed by atoms with van der Waals surface area (Å²) < 4.78 is 7.19. The summed E-state index contributed by atoms with van der Waals surface area (Å²) in [6.07, 6.45) is 5.21. The van der Waals surface area contributed by atoms with Gasteiger partial charge in [0.25, 0.3) is 0 Å². The fraction of sp³-hybridized carbons (Fsp3) is 0.750. The van der Waals surface area contributed by atoms with Crippen molar-refractivity contribution in [2.45, 2.75) is 24.9 Å². The minimum atomic E-state index is -0.138. The molecule has 5 heteroatoms. The highest BCUT2D eigenvalue weighted by Gasteiger charge is 2.28. The second kappa shape index (κ2) is 3.43. The van der Waals surface area contributed by atoms with Crippen molar-refractivity contribution in [2.75, 3.05) is 13.2 Å². The largest absolute Gasteiger partial charge is 0.381 e. The van der Waals surface area contributed by atoms with Crippen molar-refractivity contribution < 1.29 is 4.74 Å². The Hall–Kier alpha value is -0.940. The summed E-state index contributed by atoms with van der Waals surface area (Å²) in [4.78, 5) is 0. The predicted molar refractivity (Wildman–Crippen MR) is 47.0 cm³/mol. The van der Waals surface area contributed by atoms with Crippen LogP contribution in [0.25, 0.3) is 0 Å². The first-order chi connectivity index (χ1) is 6.29. The summed E-state index contributed by atoms with van der Waals surface area (Å²) in [5, 5.41) is 7.49. The molecule has 0 aromatic carbocycles. The van der Waals surface area contributed by atoms with E-state index in [1.54, 1.807) is 12.7 Å². The maximum absolute atomic E-state index is 6.19. The van der Waals surface area contributed by atoms with E-state index in [0.717, 1.165) is 32.6 Å². The van der Waals surface area contributed by atoms with E-state index in [2.05, 4.69) is 10.2 Å². The molecule has 0 amide bonds. The molecule has 5 nitrogen and oxygen atoms in total. The number of nitrogens with two attached hydrogens (primary N) is 1. The molecule has 1 saturated heterocycles. The van der Waals surface area contributed by atoms with Gasteiger partial charge in [0.15, 0.2) is 0 Å². The molecule has 0 unspecified atom stereocenters. The molecule has 1 aliphatic rings. The average Bonchev–Trinajstić information content (AvgIpc) is 2.57. The summed E-state index contributed by atoms with van der Waals surface area (Å²) in [5.74, 6) is 0. The van der Waals surface area contributed by atoms with Crippen molar-refractivity contribution in [3.8, 4) is 0 Å². The van der Waals surface area contributed by atoms with Gasteiger partial charge in [-0.1, -0.05) is 0 Å². The number of hydrogen-bond acceptors (Lipinski definition) is 4. The Morgan fingerprint density at radius 2 is 1.92 bits per heavy atom. The topological polar surface area (TPSA) is 66.0 Å². The molecule has 0 atom stereocenters. The van der Waals surface area contributed by atoms with Gasteiger partial charge in [0.1, 0.15) is 12.7 Å². The lowest BCUT2D eigenvalue weighted by atomic mass is 9.91. The normalized spacial score (nSPS) is 21.6. The SMILES string of the molecule is NC1(Cn2cnnc2)CCOCC1. The van der Waals surface area contributed by atoms with Gasteiger partial charge in [0.2, 0.25) is 0 Å². The van der Waals surface area contributed by atoms with Gasteiger partial charge in [-0.05, 0) is 12.8 Å². The third kappa shape index (κ3) is 2.05. The highest BCUT2D eigenvalue weighted by Crippen LogP contribution is 2.19. The van der Waals surface area contributed by atoms with Crippen LogP contribution in [0.3, 0.4) is 0 Å². The molecule has 2 heterocycles. The van der Waals surface area contributed by atoms with Gasteiger partial charge in [0.05, 0.1) is 0 Å². The first-order valence-electron chi connectivity index (χ1n) is 4.48. The number of aromatic nitrogens is 3. The first-order valence-corrected chi connectivity index (χ1v) is 4.48. The monoisotopic (exact) mass is 182 g/mol. The van der Waals surface area contributed by atoms with Gasteiger partial charge in [-0.25, -0.2) is 0 Å². The van der Waals surface area contributed by atoms with E-state index in [1.807, 2.05) is 4.57 Å². The smallest absolute Gasteiger partial charge is 0.119 e. The lowest BCUT2D eigenvalue weighted by Gasteiger charge is -2.33. The lowest BCUT2D eigenvalue weighted by molar-refractivity contribution is 0.0470. The number of rotatable bonds is 2. The summed E-state index contributed by atoms with van der Waals surface area (Å²) >= 11 is 0. The lowest BCUT2D eigenvalue weighted by Crippen LogP contribution is -2.48. The highest BCUT2D eigenvalue weighted by atomic mass is 16.5. The van der Waals surface area contributed by atoms with Gasteiger partial charge in [-0.3, -0.25) is 0 Å². The Balaban J connectivity index is 1.99. The van der Waals surface area contributed by atoms with Crippen LogP contribution in [-0.2, 0) is 11.3 Å². The van der Waals surface area contributed by atoms with E-state index in [1.165, 1.54) is 0 Å². The molecule has 0 bridgehead atoms. The van der Waals surface area contributed by atoms with Crippen LogP contribution in [0.1, 0.15) is 12.8 Å². The van der Waals surface area contributed by atoms with Crippen molar-refractivity contribution in [1.29, 1.82) is 0 Å². The molecule has 72 valence electrons. The molecule has 1 aromatic heterocycles. The number of nitrogens with zero attached hydrogens (tertiary/aromatic N) is 3. The minimum absolute atomic E-state index is 0.138. The van der Waals surface area contributed by atoms with Gasteiger partial charge in [-0.15, -0.1) is 10.2 Å². The summed E-state index contributed by atoms with van der Waals surface area (Å²) in [6, 6.07) is 0. The van der Waals surface area contributed by atoms with Crippen molar-refractivity contribution in [2.24, 2.45) is 5.73 Å². The molecular weight excluding hydrogens is 168 g/mol. The molecule has 0 saturated carbocycles. The molecule has 13 heavy (non-hydrogen) atoms. The van der Waals surface area contributed by atoms with Crippen LogP contribution >= 0.6 is 0 Å². The summed E-state index contributed by atoms with van der Waals surface area (Å²) in [6.45, 7) is 2.31. The quantitative estimate of drug-likeness (QED) is 0.687. The van der Waals surface area contributed by atoms with Gasteiger partial charge >= 0.3 is 0 Å². The van der Waals surface area contributed by atoms with Crippen LogP contribution in [-0.4, -0.2) is 33.5 Å². The maximum Gasteiger partial charge on any atom is 0.119 e. The Morgan fingerprint density at radius 3 is 2.54 bits per heavy atom. The minimum Gasteiger partial charge on any atom is -0.381 e. The molecule has 0 radical (unpaired) electrons. The molecule has 2 N–H and O–H groups in total. The zero-order chi connectivity index (χ0) is 9.15. The van der Waals surface area contributed by atoms with Crippen molar-refractivity contribution in [3.63, 3.8) is 0 Å². The van der Waals surface area contributed by atoms with Crippen molar-refractivity contribution in [3.05, 3.63) is 12.7 Å². The summed E-state index contributed by atoms with van der Waals surface area (Å²) in [5.41, 5.74) is 6.06. The maximum atomic E-state index is 6.19.